The highest BCUT2D eigenvalue weighted by molar-refractivity contribution is 7.92. The van der Waals surface area contributed by atoms with Crippen molar-refractivity contribution in [2.24, 2.45) is 0 Å². The van der Waals surface area contributed by atoms with Crippen LogP contribution in [0.5, 0.6) is 5.75 Å². The van der Waals surface area contributed by atoms with Crippen LogP contribution >= 0.6 is 0 Å². The Morgan fingerprint density at radius 2 is 1.68 bits per heavy atom. The lowest BCUT2D eigenvalue weighted by molar-refractivity contribution is -0.116. The molecule has 0 spiro atoms. The molecule has 7 nitrogen and oxygen atoms in total. The number of nitrogens with one attached hydrogen (secondary N) is 1. The molecule has 1 saturated heterocycles. The summed E-state index contributed by atoms with van der Waals surface area (Å²) in [6, 6.07) is 13.3. The first-order chi connectivity index (χ1) is 14.6. The number of aryl methyl sites for hydroxylation is 1. The van der Waals surface area contributed by atoms with E-state index < -0.39 is 22.0 Å². The quantitative estimate of drug-likeness (QED) is 0.708. The Bertz CT molecular complexity index is 982. The molecule has 1 amide bonds. The molecule has 0 bridgehead atoms. The fourth-order valence-electron chi connectivity index (χ4n) is 3.66. The normalized spacial score (nSPS) is 16.5. The smallest absolute Gasteiger partial charge is 0.247 e. The topological polar surface area (TPSA) is 79.0 Å². The van der Waals surface area contributed by atoms with Crippen LogP contribution in [0.4, 0.5) is 11.4 Å². The number of hydrogen-bond acceptors (Lipinski definition) is 5. The first-order valence-electron chi connectivity index (χ1n) is 10.5. The van der Waals surface area contributed by atoms with Crippen molar-refractivity contribution in [3.05, 3.63) is 54.1 Å². The standard InChI is InChI=1S/C23H31N3O4S/c1-17-5-9-20(10-6-17)26(31(4,28)29)18(2)23(27)24-19-7-11-21(12-8-19)30-22-13-15-25(3)16-14-22/h5-12,18,22H,13-16H2,1-4H3,(H,24,27)/t18-/m1/s1. The summed E-state index contributed by atoms with van der Waals surface area (Å²) in [6.07, 6.45) is 3.29. The summed E-state index contributed by atoms with van der Waals surface area (Å²) in [6.45, 7) is 5.54. The Morgan fingerprint density at radius 3 is 2.23 bits per heavy atom. The molecule has 31 heavy (non-hydrogen) atoms. The van der Waals surface area contributed by atoms with E-state index in [1.807, 2.05) is 31.2 Å². The van der Waals surface area contributed by atoms with Crippen LogP contribution in [-0.4, -0.2) is 57.8 Å². The average molecular weight is 446 g/mol. The predicted molar refractivity (Wildman–Crippen MR) is 124 cm³/mol. The van der Waals surface area contributed by atoms with Crippen molar-refractivity contribution in [1.29, 1.82) is 0 Å². The number of benzene rings is 2. The Labute approximate surface area is 185 Å². The summed E-state index contributed by atoms with van der Waals surface area (Å²) in [5.74, 6) is 0.355. The van der Waals surface area contributed by atoms with Crippen LogP contribution in [0.2, 0.25) is 0 Å². The van der Waals surface area contributed by atoms with E-state index in [1.165, 1.54) is 0 Å². The predicted octanol–water partition coefficient (Wildman–Crippen LogP) is 3.26. The highest BCUT2D eigenvalue weighted by atomic mass is 32.2. The van der Waals surface area contributed by atoms with Gasteiger partial charge >= 0.3 is 0 Å². The van der Waals surface area contributed by atoms with Crippen molar-refractivity contribution in [3.63, 3.8) is 0 Å². The van der Waals surface area contributed by atoms with Crippen molar-refractivity contribution < 1.29 is 17.9 Å². The van der Waals surface area contributed by atoms with Crippen LogP contribution in [0, 0.1) is 6.92 Å². The third-order valence-electron chi connectivity index (χ3n) is 5.47. The van der Waals surface area contributed by atoms with E-state index in [9.17, 15) is 13.2 Å². The lowest BCUT2D eigenvalue weighted by Crippen LogP contribution is -2.45. The molecule has 0 unspecified atom stereocenters. The molecular weight excluding hydrogens is 414 g/mol. The van der Waals surface area contributed by atoms with Crippen molar-refractivity contribution in [1.82, 2.24) is 4.90 Å². The van der Waals surface area contributed by atoms with Gasteiger partial charge in [0.2, 0.25) is 15.9 Å². The van der Waals surface area contributed by atoms with E-state index in [-0.39, 0.29) is 6.10 Å². The molecule has 0 aliphatic carbocycles. The number of anilines is 2. The molecule has 2 aromatic rings. The minimum Gasteiger partial charge on any atom is -0.490 e. The maximum atomic E-state index is 12.8. The summed E-state index contributed by atoms with van der Waals surface area (Å²) in [4.78, 5) is 15.1. The first kappa shape index (κ1) is 23.1. The molecule has 3 rings (SSSR count). The van der Waals surface area contributed by atoms with Gasteiger partial charge in [-0.3, -0.25) is 9.10 Å². The van der Waals surface area contributed by atoms with Gasteiger partial charge in [-0.1, -0.05) is 17.7 Å². The number of piperidine rings is 1. The Kier molecular flexibility index (Phi) is 7.23. The Balaban J connectivity index is 1.65. The molecule has 1 fully saturated rings. The number of carbonyl (C=O) groups is 1. The lowest BCUT2D eigenvalue weighted by atomic mass is 10.1. The third-order valence-corrected chi connectivity index (χ3v) is 6.71. The van der Waals surface area contributed by atoms with E-state index in [1.54, 1.807) is 31.2 Å². The van der Waals surface area contributed by atoms with Gasteiger partial charge in [-0.15, -0.1) is 0 Å². The van der Waals surface area contributed by atoms with Crippen LogP contribution in [0.3, 0.4) is 0 Å². The average Bonchev–Trinajstić information content (AvgIpc) is 2.71. The molecule has 1 aliphatic heterocycles. The number of hydrogen-bond donors (Lipinski definition) is 1. The molecule has 0 aromatic heterocycles. The van der Waals surface area contributed by atoms with Crippen LogP contribution in [0.1, 0.15) is 25.3 Å². The molecular formula is C23H31N3O4S. The molecule has 1 atom stereocenters. The maximum absolute atomic E-state index is 12.8. The number of nitrogens with zero attached hydrogens (tertiary/aromatic N) is 2. The molecule has 168 valence electrons. The number of carbonyl (C=O) groups excluding carboxylic acids is 1. The maximum Gasteiger partial charge on any atom is 0.247 e. The zero-order valence-corrected chi connectivity index (χ0v) is 19.4. The summed E-state index contributed by atoms with van der Waals surface area (Å²) in [7, 11) is -1.54. The van der Waals surface area contributed by atoms with Gasteiger partial charge in [0.15, 0.2) is 0 Å². The van der Waals surface area contributed by atoms with E-state index in [0.717, 1.165) is 47.8 Å². The molecule has 1 N–H and O–H groups in total. The minimum absolute atomic E-state index is 0.203. The molecule has 0 saturated carbocycles. The van der Waals surface area contributed by atoms with Crippen LogP contribution in [0.25, 0.3) is 0 Å². The lowest BCUT2D eigenvalue weighted by Gasteiger charge is -2.29. The van der Waals surface area contributed by atoms with E-state index >= 15 is 0 Å². The van der Waals surface area contributed by atoms with E-state index in [2.05, 4.69) is 17.3 Å². The molecule has 1 heterocycles. The monoisotopic (exact) mass is 445 g/mol. The van der Waals surface area contributed by atoms with Gasteiger partial charge < -0.3 is 15.0 Å². The van der Waals surface area contributed by atoms with Gasteiger partial charge in [0.25, 0.3) is 0 Å². The van der Waals surface area contributed by atoms with Gasteiger partial charge in [0.1, 0.15) is 17.9 Å². The van der Waals surface area contributed by atoms with Crippen molar-refractivity contribution in [2.75, 3.05) is 36.0 Å². The zero-order chi connectivity index (χ0) is 22.6. The number of ether oxygens (including phenoxy) is 1. The third kappa shape index (κ3) is 6.21. The first-order valence-corrected chi connectivity index (χ1v) is 12.3. The summed E-state index contributed by atoms with van der Waals surface area (Å²) in [5.41, 5.74) is 2.06. The second-order valence-corrected chi connectivity index (χ2v) is 10.1. The second kappa shape index (κ2) is 9.70. The summed E-state index contributed by atoms with van der Waals surface area (Å²) >= 11 is 0. The number of likely N-dealkylation sites (tertiary alicyclic amines) is 1. The molecule has 1 aliphatic rings. The van der Waals surface area contributed by atoms with Crippen molar-refractivity contribution in [3.8, 4) is 5.75 Å². The summed E-state index contributed by atoms with van der Waals surface area (Å²) < 4.78 is 32.0. The highest BCUT2D eigenvalue weighted by Gasteiger charge is 2.29. The molecule has 8 heteroatoms. The SMILES string of the molecule is Cc1ccc(N([C@H](C)C(=O)Nc2ccc(OC3CCN(C)CC3)cc2)S(C)(=O)=O)cc1. The van der Waals surface area contributed by atoms with Gasteiger partial charge in [0, 0.05) is 18.8 Å². The second-order valence-electron chi connectivity index (χ2n) is 8.20. The molecule has 2 aromatic carbocycles. The van der Waals surface area contributed by atoms with Crippen molar-refractivity contribution >= 4 is 27.3 Å². The minimum atomic E-state index is -3.65. The number of amides is 1. The van der Waals surface area contributed by atoms with Gasteiger partial charge in [-0.25, -0.2) is 8.42 Å². The summed E-state index contributed by atoms with van der Waals surface area (Å²) in [5, 5.41) is 2.80. The fraction of sp³-hybridized carbons (Fsp3) is 0.435. The highest BCUT2D eigenvalue weighted by Crippen LogP contribution is 2.24. The van der Waals surface area contributed by atoms with Crippen LogP contribution < -0.4 is 14.4 Å². The Hall–Kier alpha value is -2.58. The van der Waals surface area contributed by atoms with E-state index in [0.29, 0.717) is 11.4 Å². The van der Waals surface area contributed by atoms with E-state index in [4.69, 9.17) is 4.74 Å². The fourth-order valence-corrected chi connectivity index (χ4v) is 4.83. The Morgan fingerprint density at radius 1 is 1.10 bits per heavy atom. The molecule has 0 radical (unpaired) electrons. The van der Waals surface area contributed by atoms with Crippen LogP contribution in [0.15, 0.2) is 48.5 Å². The largest absolute Gasteiger partial charge is 0.490 e. The number of sulfonamides is 1. The number of rotatable bonds is 7. The van der Waals surface area contributed by atoms with Gasteiger partial charge in [0.05, 0.1) is 11.9 Å². The van der Waals surface area contributed by atoms with Gasteiger partial charge in [-0.2, -0.15) is 0 Å². The zero-order valence-electron chi connectivity index (χ0n) is 18.5. The van der Waals surface area contributed by atoms with Crippen molar-refractivity contribution in [2.45, 2.75) is 38.8 Å². The van der Waals surface area contributed by atoms with Crippen LogP contribution in [-0.2, 0) is 14.8 Å². The van der Waals surface area contributed by atoms with Gasteiger partial charge in [-0.05, 0) is 70.1 Å².